The highest BCUT2D eigenvalue weighted by Gasteiger charge is 2.14. The van der Waals surface area contributed by atoms with Gasteiger partial charge in [0.2, 0.25) is 6.79 Å². The van der Waals surface area contributed by atoms with E-state index in [4.69, 9.17) is 9.47 Å². The van der Waals surface area contributed by atoms with E-state index in [1.54, 1.807) is 36.4 Å². The fraction of sp³-hybridized carbons (Fsp3) is 0.0476. The molecule has 152 valence electrons. The van der Waals surface area contributed by atoms with Crippen molar-refractivity contribution in [3.05, 3.63) is 83.9 Å². The van der Waals surface area contributed by atoms with Gasteiger partial charge in [-0.2, -0.15) is 5.10 Å². The molecule has 0 unspecified atom stereocenters. The van der Waals surface area contributed by atoms with Gasteiger partial charge in [0.15, 0.2) is 11.5 Å². The largest absolute Gasteiger partial charge is 0.454 e. The van der Waals surface area contributed by atoms with Gasteiger partial charge in [-0.25, -0.2) is 13.8 Å². The zero-order valence-corrected chi connectivity index (χ0v) is 16.4. The Morgan fingerprint density at radius 2 is 1.67 bits per heavy atom. The molecular weight excluding hydrogens is 406 g/mol. The van der Waals surface area contributed by atoms with E-state index in [-0.39, 0.29) is 11.7 Å². The second-order valence-electron chi connectivity index (χ2n) is 6.31. The number of hydrazone groups is 1. The summed E-state index contributed by atoms with van der Waals surface area (Å²) in [6, 6.07) is 19.4. The highest BCUT2D eigenvalue weighted by atomic mass is 32.2. The van der Waals surface area contributed by atoms with Gasteiger partial charge in [-0.1, -0.05) is 18.2 Å². The zero-order chi connectivity index (χ0) is 21.0. The Hall–Kier alpha value is -3.85. The van der Waals surface area contributed by atoms with Gasteiger partial charge in [-0.05, 0) is 60.2 Å². The number of sulfonamides is 1. The van der Waals surface area contributed by atoms with Crippen molar-refractivity contribution in [2.45, 2.75) is 4.90 Å². The molecule has 1 amide bonds. The van der Waals surface area contributed by atoms with Crippen LogP contribution in [-0.4, -0.2) is 27.3 Å². The average molecular weight is 423 g/mol. The molecule has 0 saturated heterocycles. The predicted octanol–water partition coefficient (Wildman–Crippen LogP) is 2.98. The van der Waals surface area contributed by atoms with Crippen LogP contribution in [0.15, 0.2) is 82.8 Å². The van der Waals surface area contributed by atoms with Crippen molar-refractivity contribution in [1.29, 1.82) is 0 Å². The molecular formula is C21H17N3O5S. The van der Waals surface area contributed by atoms with Crippen LogP contribution in [0, 0.1) is 0 Å². The zero-order valence-electron chi connectivity index (χ0n) is 15.6. The summed E-state index contributed by atoms with van der Waals surface area (Å²) in [5, 5.41) is 3.93. The summed E-state index contributed by atoms with van der Waals surface area (Å²) in [4.78, 5) is 12.4. The van der Waals surface area contributed by atoms with Crippen LogP contribution in [0.25, 0.3) is 0 Å². The third-order valence-corrected chi connectivity index (χ3v) is 5.63. The number of nitrogens with one attached hydrogen (secondary N) is 2. The molecule has 1 heterocycles. The molecule has 9 heteroatoms. The lowest BCUT2D eigenvalue weighted by Crippen LogP contribution is -2.18. The second-order valence-corrected chi connectivity index (χ2v) is 7.99. The summed E-state index contributed by atoms with van der Waals surface area (Å²) in [5.74, 6) is 0.863. The van der Waals surface area contributed by atoms with E-state index in [1.807, 2.05) is 0 Å². The summed E-state index contributed by atoms with van der Waals surface area (Å²) in [7, 11) is -3.69. The minimum absolute atomic E-state index is 0.157. The van der Waals surface area contributed by atoms with Crippen LogP contribution >= 0.6 is 0 Å². The normalized spacial score (nSPS) is 12.7. The average Bonchev–Trinajstić information content (AvgIpc) is 3.22. The lowest BCUT2D eigenvalue weighted by molar-refractivity contribution is 0.0955. The van der Waals surface area contributed by atoms with Crippen molar-refractivity contribution < 1.29 is 22.7 Å². The first-order valence-corrected chi connectivity index (χ1v) is 10.4. The number of carbonyl (C=O) groups excluding carboxylic acids is 1. The molecule has 0 spiro atoms. The number of amides is 1. The summed E-state index contributed by atoms with van der Waals surface area (Å²) in [6.45, 7) is 0.185. The van der Waals surface area contributed by atoms with E-state index in [1.165, 1.54) is 42.6 Å². The van der Waals surface area contributed by atoms with Gasteiger partial charge >= 0.3 is 0 Å². The number of nitrogens with zero attached hydrogens (tertiary/aromatic N) is 1. The van der Waals surface area contributed by atoms with Crippen molar-refractivity contribution in [3.8, 4) is 11.5 Å². The van der Waals surface area contributed by atoms with Crippen molar-refractivity contribution in [2.75, 3.05) is 11.5 Å². The highest BCUT2D eigenvalue weighted by Crippen LogP contribution is 2.31. The molecule has 1 aliphatic heterocycles. The maximum atomic E-state index is 12.3. The van der Waals surface area contributed by atoms with Crippen LogP contribution in [0.2, 0.25) is 0 Å². The number of carbonyl (C=O) groups is 1. The predicted molar refractivity (Wildman–Crippen MR) is 111 cm³/mol. The first-order valence-electron chi connectivity index (χ1n) is 8.92. The van der Waals surface area contributed by atoms with Crippen LogP contribution in [0.3, 0.4) is 0 Å². The van der Waals surface area contributed by atoms with E-state index in [2.05, 4.69) is 15.2 Å². The maximum Gasteiger partial charge on any atom is 0.271 e. The Labute approximate surface area is 173 Å². The molecule has 30 heavy (non-hydrogen) atoms. The van der Waals surface area contributed by atoms with Crippen molar-refractivity contribution in [3.63, 3.8) is 0 Å². The monoisotopic (exact) mass is 423 g/mol. The van der Waals surface area contributed by atoms with E-state index < -0.39 is 15.9 Å². The standard InChI is InChI=1S/C21H17N3O5S/c25-21(23-22-13-15-6-11-19-20(12-15)29-14-28-19)16-7-9-17(10-8-16)24-30(26,27)18-4-2-1-3-5-18/h1-13,24H,14H2,(H,23,25)/b22-13-. The Balaban J connectivity index is 1.37. The molecule has 0 aliphatic carbocycles. The molecule has 4 rings (SSSR count). The van der Waals surface area contributed by atoms with Gasteiger partial charge in [0, 0.05) is 11.3 Å². The quantitative estimate of drug-likeness (QED) is 0.468. The second kappa shape index (κ2) is 8.26. The minimum atomic E-state index is -3.69. The van der Waals surface area contributed by atoms with E-state index >= 15 is 0 Å². The third kappa shape index (κ3) is 4.41. The third-order valence-electron chi connectivity index (χ3n) is 4.23. The fourth-order valence-corrected chi connectivity index (χ4v) is 3.81. The fourth-order valence-electron chi connectivity index (χ4n) is 2.73. The summed E-state index contributed by atoms with van der Waals surface area (Å²) in [6.07, 6.45) is 1.49. The lowest BCUT2D eigenvalue weighted by Gasteiger charge is -2.08. The molecule has 0 aromatic heterocycles. The number of hydrogen-bond donors (Lipinski definition) is 2. The molecule has 8 nitrogen and oxygen atoms in total. The van der Waals surface area contributed by atoms with Crippen molar-refractivity contribution in [2.24, 2.45) is 5.10 Å². The topological polar surface area (TPSA) is 106 Å². The SMILES string of the molecule is O=C(N/N=C\c1ccc2c(c1)OCO2)c1ccc(NS(=O)(=O)c2ccccc2)cc1. The first kappa shape index (κ1) is 19.5. The number of benzene rings is 3. The highest BCUT2D eigenvalue weighted by molar-refractivity contribution is 7.92. The Morgan fingerprint density at radius 3 is 2.43 bits per heavy atom. The summed E-state index contributed by atoms with van der Waals surface area (Å²) >= 11 is 0. The Kier molecular flexibility index (Phi) is 5.36. The lowest BCUT2D eigenvalue weighted by atomic mass is 10.2. The van der Waals surface area contributed by atoms with Crippen molar-refractivity contribution in [1.82, 2.24) is 5.43 Å². The van der Waals surface area contributed by atoms with Crippen LogP contribution in [0.5, 0.6) is 11.5 Å². The van der Waals surface area contributed by atoms with Gasteiger partial charge in [0.25, 0.3) is 15.9 Å². The van der Waals surface area contributed by atoms with E-state index in [0.29, 0.717) is 22.7 Å². The van der Waals surface area contributed by atoms with Gasteiger partial charge in [0.1, 0.15) is 0 Å². The van der Waals surface area contributed by atoms with Crippen LogP contribution < -0.4 is 19.6 Å². The number of ether oxygens (including phenoxy) is 2. The molecule has 0 bridgehead atoms. The summed E-state index contributed by atoms with van der Waals surface area (Å²) in [5.41, 5.74) is 3.85. The number of anilines is 1. The molecule has 0 radical (unpaired) electrons. The molecule has 2 N–H and O–H groups in total. The molecule has 0 saturated carbocycles. The van der Waals surface area contributed by atoms with Gasteiger partial charge in [0.05, 0.1) is 11.1 Å². The van der Waals surface area contributed by atoms with E-state index in [9.17, 15) is 13.2 Å². The number of fused-ring (bicyclic) bond motifs is 1. The molecule has 0 atom stereocenters. The Bertz CT molecular complexity index is 1190. The van der Waals surface area contributed by atoms with Crippen LogP contribution in [-0.2, 0) is 10.0 Å². The molecule has 3 aromatic carbocycles. The van der Waals surface area contributed by atoms with E-state index in [0.717, 1.165) is 5.56 Å². The molecule has 0 fully saturated rings. The minimum Gasteiger partial charge on any atom is -0.454 e. The van der Waals surface area contributed by atoms with Crippen LogP contribution in [0.1, 0.15) is 15.9 Å². The maximum absolute atomic E-state index is 12.3. The summed E-state index contributed by atoms with van der Waals surface area (Å²) < 4.78 is 37.7. The van der Waals surface area contributed by atoms with Gasteiger partial charge in [-0.15, -0.1) is 0 Å². The number of hydrogen-bond acceptors (Lipinski definition) is 6. The van der Waals surface area contributed by atoms with Crippen molar-refractivity contribution >= 4 is 27.8 Å². The van der Waals surface area contributed by atoms with Gasteiger partial charge < -0.3 is 9.47 Å². The molecule has 1 aliphatic rings. The smallest absolute Gasteiger partial charge is 0.271 e. The van der Waals surface area contributed by atoms with Gasteiger partial charge in [-0.3, -0.25) is 9.52 Å². The number of rotatable bonds is 6. The molecule has 3 aromatic rings. The first-order chi connectivity index (χ1) is 14.5. The van der Waals surface area contributed by atoms with Crippen LogP contribution in [0.4, 0.5) is 5.69 Å². The Morgan fingerprint density at radius 1 is 0.933 bits per heavy atom.